The van der Waals surface area contributed by atoms with E-state index in [0.717, 1.165) is 31.6 Å². The zero-order valence-corrected chi connectivity index (χ0v) is 15.8. The molecule has 0 saturated carbocycles. The zero-order valence-electron chi connectivity index (χ0n) is 15.8. The van der Waals surface area contributed by atoms with Crippen LogP contribution in [-0.2, 0) is 9.53 Å². The minimum Gasteiger partial charge on any atom is -0.466 e. The number of benzene rings is 1. The first kappa shape index (κ1) is 19.0. The van der Waals surface area contributed by atoms with Gasteiger partial charge in [0, 0.05) is 5.69 Å². The van der Waals surface area contributed by atoms with Gasteiger partial charge in [-0.3, -0.25) is 9.69 Å². The summed E-state index contributed by atoms with van der Waals surface area (Å²) in [5.74, 6) is 1.12. The fourth-order valence-electron chi connectivity index (χ4n) is 3.25. The van der Waals surface area contributed by atoms with Crippen molar-refractivity contribution in [1.29, 1.82) is 0 Å². The lowest BCUT2D eigenvalue weighted by Crippen LogP contribution is -2.39. The molecule has 0 unspecified atom stereocenters. The predicted octanol–water partition coefficient (Wildman–Crippen LogP) is 2.53. The number of nitrogens with one attached hydrogen (secondary N) is 1. The predicted molar refractivity (Wildman–Crippen MR) is 103 cm³/mol. The Morgan fingerprint density at radius 1 is 1.26 bits per heavy atom. The Labute approximate surface area is 159 Å². The number of rotatable bonds is 6. The summed E-state index contributed by atoms with van der Waals surface area (Å²) in [7, 11) is 0. The average molecular weight is 370 g/mol. The molecule has 1 aromatic heterocycles. The van der Waals surface area contributed by atoms with E-state index in [2.05, 4.69) is 25.2 Å². The number of carbonyl (C=O) groups is 1. The third-order valence-electron chi connectivity index (χ3n) is 4.77. The summed E-state index contributed by atoms with van der Waals surface area (Å²) in [4.78, 5) is 27.2. The van der Waals surface area contributed by atoms with E-state index in [0.29, 0.717) is 18.4 Å². The van der Waals surface area contributed by atoms with Crippen LogP contribution in [-0.4, -0.2) is 45.5 Å². The van der Waals surface area contributed by atoms with Crippen molar-refractivity contribution in [3.05, 3.63) is 36.2 Å². The molecule has 1 atom stereocenters. The number of likely N-dealkylation sites (tertiary alicyclic amines) is 1. The van der Waals surface area contributed by atoms with Gasteiger partial charge in [0.2, 0.25) is 11.9 Å². The Morgan fingerprint density at radius 2 is 1.96 bits per heavy atom. The first-order valence-corrected chi connectivity index (χ1v) is 9.31. The molecule has 8 heteroatoms. The van der Waals surface area contributed by atoms with Crippen LogP contribution in [0.15, 0.2) is 30.3 Å². The highest BCUT2D eigenvalue weighted by atomic mass is 16.5. The monoisotopic (exact) mass is 370 g/mol. The molecule has 1 aromatic carbocycles. The molecule has 0 radical (unpaired) electrons. The summed E-state index contributed by atoms with van der Waals surface area (Å²) >= 11 is 0. The first-order chi connectivity index (χ1) is 13.1. The highest BCUT2D eigenvalue weighted by molar-refractivity contribution is 5.72. The van der Waals surface area contributed by atoms with Crippen LogP contribution >= 0.6 is 0 Å². The minimum atomic E-state index is -0.0939. The second-order valence-corrected chi connectivity index (χ2v) is 6.60. The van der Waals surface area contributed by atoms with Gasteiger partial charge in [0.15, 0.2) is 5.82 Å². The molecule has 1 aliphatic rings. The van der Waals surface area contributed by atoms with E-state index in [1.807, 2.05) is 44.2 Å². The van der Waals surface area contributed by atoms with Gasteiger partial charge in [-0.25, -0.2) is 0 Å². The third kappa shape index (κ3) is 4.91. The quantitative estimate of drug-likeness (QED) is 0.747. The Bertz CT molecular complexity index is 762. The average Bonchev–Trinajstić information content (AvgIpc) is 2.68. The van der Waals surface area contributed by atoms with Gasteiger partial charge in [0.1, 0.15) is 0 Å². The number of esters is 1. The van der Waals surface area contributed by atoms with Crippen LogP contribution in [0, 0.1) is 5.92 Å². The molecule has 1 saturated heterocycles. The van der Waals surface area contributed by atoms with E-state index in [-0.39, 0.29) is 23.9 Å². The van der Waals surface area contributed by atoms with Crippen LogP contribution in [0.25, 0.3) is 0 Å². The van der Waals surface area contributed by atoms with E-state index in [4.69, 9.17) is 10.5 Å². The number of aromatic nitrogens is 3. The van der Waals surface area contributed by atoms with Gasteiger partial charge in [-0.1, -0.05) is 18.2 Å². The number of nitrogen functional groups attached to an aromatic ring is 1. The first-order valence-electron chi connectivity index (χ1n) is 9.31. The molecule has 2 aromatic rings. The normalized spacial score (nSPS) is 16.7. The second kappa shape index (κ2) is 8.77. The molecule has 0 aliphatic carbocycles. The second-order valence-electron chi connectivity index (χ2n) is 6.60. The number of anilines is 3. The minimum absolute atomic E-state index is 0.0187. The number of carbonyl (C=O) groups excluding carboxylic acids is 1. The number of ether oxygens (including phenoxy) is 1. The molecule has 3 N–H and O–H groups in total. The summed E-state index contributed by atoms with van der Waals surface area (Å²) in [6, 6.07) is 9.66. The van der Waals surface area contributed by atoms with Gasteiger partial charge in [-0.15, -0.1) is 0 Å². The van der Waals surface area contributed by atoms with E-state index in [1.54, 1.807) is 0 Å². The van der Waals surface area contributed by atoms with E-state index >= 15 is 0 Å². The lowest BCUT2D eigenvalue weighted by atomic mass is 9.96. The number of hydrogen-bond acceptors (Lipinski definition) is 8. The fraction of sp³-hybridized carbons (Fsp3) is 0.474. The van der Waals surface area contributed by atoms with Crippen molar-refractivity contribution in [1.82, 2.24) is 19.9 Å². The summed E-state index contributed by atoms with van der Waals surface area (Å²) in [6.45, 7) is 5.89. The molecule has 3 rings (SSSR count). The van der Waals surface area contributed by atoms with E-state index in [9.17, 15) is 4.79 Å². The summed E-state index contributed by atoms with van der Waals surface area (Å²) in [5, 5.41) is 3.16. The molecular weight excluding hydrogens is 344 g/mol. The number of nitrogens with two attached hydrogens (primary N) is 1. The van der Waals surface area contributed by atoms with Crippen molar-refractivity contribution in [2.45, 2.75) is 32.7 Å². The highest BCUT2D eigenvalue weighted by Gasteiger charge is 2.29. The lowest BCUT2D eigenvalue weighted by Gasteiger charge is -2.34. The SMILES string of the molecule is CCOC(=O)C1CCN([C@@H](C)c2nc(N)nc(Nc3ccccc3)n2)CC1. The molecule has 2 heterocycles. The zero-order chi connectivity index (χ0) is 19.2. The summed E-state index contributed by atoms with van der Waals surface area (Å²) in [6.07, 6.45) is 1.55. The van der Waals surface area contributed by atoms with Crippen molar-refractivity contribution >= 4 is 23.6 Å². The van der Waals surface area contributed by atoms with Gasteiger partial charge >= 0.3 is 5.97 Å². The largest absolute Gasteiger partial charge is 0.466 e. The Morgan fingerprint density at radius 3 is 2.63 bits per heavy atom. The third-order valence-corrected chi connectivity index (χ3v) is 4.77. The smallest absolute Gasteiger partial charge is 0.309 e. The Kier molecular flexibility index (Phi) is 6.18. The molecule has 0 bridgehead atoms. The number of piperidine rings is 1. The van der Waals surface area contributed by atoms with Crippen LogP contribution in [0.1, 0.15) is 38.6 Å². The molecule has 1 aliphatic heterocycles. The van der Waals surface area contributed by atoms with Crippen molar-refractivity contribution in [3.8, 4) is 0 Å². The molecule has 0 spiro atoms. The number of nitrogens with zero attached hydrogens (tertiary/aromatic N) is 4. The Hall–Kier alpha value is -2.74. The van der Waals surface area contributed by atoms with Gasteiger partial charge < -0.3 is 15.8 Å². The maximum atomic E-state index is 11.9. The summed E-state index contributed by atoms with van der Waals surface area (Å²) < 4.78 is 5.13. The van der Waals surface area contributed by atoms with Crippen LogP contribution in [0.3, 0.4) is 0 Å². The summed E-state index contributed by atoms with van der Waals surface area (Å²) in [5.41, 5.74) is 6.78. The van der Waals surface area contributed by atoms with E-state index in [1.165, 1.54) is 0 Å². The van der Waals surface area contributed by atoms with Crippen molar-refractivity contribution in [2.75, 3.05) is 30.7 Å². The molecule has 8 nitrogen and oxygen atoms in total. The number of hydrogen-bond donors (Lipinski definition) is 2. The molecular formula is C19H26N6O2. The van der Waals surface area contributed by atoms with Crippen LogP contribution in [0.4, 0.5) is 17.6 Å². The molecule has 0 amide bonds. The van der Waals surface area contributed by atoms with Gasteiger partial charge in [-0.05, 0) is 51.9 Å². The maximum Gasteiger partial charge on any atom is 0.309 e. The van der Waals surface area contributed by atoms with Gasteiger partial charge in [0.25, 0.3) is 0 Å². The fourth-order valence-corrected chi connectivity index (χ4v) is 3.25. The lowest BCUT2D eigenvalue weighted by molar-refractivity contribution is -0.149. The van der Waals surface area contributed by atoms with Crippen LogP contribution < -0.4 is 11.1 Å². The molecule has 1 fully saturated rings. The molecule has 27 heavy (non-hydrogen) atoms. The van der Waals surface area contributed by atoms with Gasteiger partial charge in [-0.2, -0.15) is 15.0 Å². The van der Waals surface area contributed by atoms with Gasteiger partial charge in [0.05, 0.1) is 18.6 Å². The van der Waals surface area contributed by atoms with Crippen LogP contribution in [0.5, 0.6) is 0 Å². The Balaban J connectivity index is 1.66. The van der Waals surface area contributed by atoms with Crippen molar-refractivity contribution in [3.63, 3.8) is 0 Å². The number of para-hydroxylation sites is 1. The van der Waals surface area contributed by atoms with Crippen LogP contribution in [0.2, 0.25) is 0 Å². The standard InChI is InChI=1S/C19H26N6O2/c1-3-27-17(26)14-9-11-25(12-10-14)13(2)16-22-18(20)24-19(23-16)21-15-7-5-4-6-8-15/h4-8,13-14H,3,9-12H2,1-2H3,(H3,20,21,22,23,24)/t13-/m0/s1. The highest BCUT2D eigenvalue weighted by Crippen LogP contribution is 2.26. The topological polar surface area (TPSA) is 106 Å². The molecule has 144 valence electrons. The maximum absolute atomic E-state index is 11.9. The van der Waals surface area contributed by atoms with Crippen molar-refractivity contribution < 1.29 is 9.53 Å². The van der Waals surface area contributed by atoms with E-state index < -0.39 is 0 Å². The van der Waals surface area contributed by atoms with Crippen molar-refractivity contribution in [2.24, 2.45) is 5.92 Å².